The van der Waals surface area contributed by atoms with Crippen LogP contribution in [0.3, 0.4) is 0 Å². The Morgan fingerprint density at radius 2 is 1.86 bits per heavy atom. The Labute approximate surface area is 80.5 Å². The van der Waals surface area contributed by atoms with Crippen molar-refractivity contribution in [3.8, 4) is 0 Å². The maximum atomic E-state index is 12.6. The third-order valence-electron chi connectivity index (χ3n) is 1.71. The van der Waals surface area contributed by atoms with Gasteiger partial charge < -0.3 is 5.11 Å². The van der Waals surface area contributed by atoms with Crippen LogP contribution in [0.5, 0.6) is 0 Å². The number of nitrogens with zero attached hydrogens (tertiary/aromatic N) is 1. The average molecular weight is 217 g/mol. The van der Waals surface area contributed by atoms with E-state index in [1.54, 1.807) is 6.92 Å². The molecule has 0 aliphatic carbocycles. The van der Waals surface area contributed by atoms with Crippen molar-refractivity contribution in [2.24, 2.45) is 0 Å². The molecule has 0 aromatic rings. The Morgan fingerprint density at radius 3 is 2.21 bits per heavy atom. The van der Waals surface area contributed by atoms with Crippen molar-refractivity contribution in [3.63, 3.8) is 0 Å². The molecule has 0 aliphatic rings. The van der Waals surface area contributed by atoms with Crippen LogP contribution in [0.1, 0.15) is 13.3 Å². The Kier molecular flexibility index (Phi) is 6.03. The minimum absolute atomic E-state index is 0.00382. The first-order valence-corrected chi connectivity index (χ1v) is 4.43. The predicted molar refractivity (Wildman–Crippen MR) is 44.8 cm³/mol. The lowest BCUT2D eigenvalue weighted by atomic mass is 10.3. The summed E-state index contributed by atoms with van der Waals surface area (Å²) in [7, 11) is 0. The van der Waals surface area contributed by atoms with Crippen LogP contribution < -0.4 is 0 Å². The summed E-state index contributed by atoms with van der Waals surface area (Å²) in [6.45, 7) is 0.725. The smallest absolute Gasteiger partial charge is 0.319 e. The lowest BCUT2D eigenvalue weighted by Gasteiger charge is -2.25. The van der Waals surface area contributed by atoms with E-state index in [1.165, 1.54) is 0 Å². The second-order valence-corrected chi connectivity index (χ2v) is 3.06. The normalized spacial score (nSPS) is 12.9. The van der Waals surface area contributed by atoms with Crippen LogP contribution in [0.4, 0.5) is 17.6 Å². The van der Waals surface area contributed by atoms with Gasteiger partial charge in [-0.2, -0.15) is 8.78 Å². The summed E-state index contributed by atoms with van der Waals surface area (Å²) in [5.41, 5.74) is 0. The molecule has 0 fully saturated rings. The molecule has 0 bridgehead atoms. The van der Waals surface area contributed by atoms with E-state index in [9.17, 15) is 17.6 Å². The highest BCUT2D eigenvalue weighted by Crippen LogP contribution is 2.23. The molecule has 6 heteroatoms. The molecule has 0 atom stereocenters. The minimum atomic E-state index is -4.00. The molecule has 0 saturated carbocycles. The van der Waals surface area contributed by atoms with Crippen molar-refractivity contribution in [1.29, 1.82) is 0 Å². The molecule has 0 unspecified atom stereocenters. The fourth-order valence-corrected chi connectivity index (χ4v) is 1.09. The lowest BCUT2D eigenvalue weighted by molar-refractivity contribution is -0.142. The molecule has 0 heterocycles. The van der Waals surface area contributed by atoms with Gasteiger partial charge in [-0.25, -0.2) is 8.78 Å². The monoisotopic (exact) mass is 217 g/mol. The molecule has 0 amide bonds. The molecule has 86 valence electrons. The Hall–Kier alpha value is -0.360. The maximum absolute atomic E-state index is 12.6. The summed E-state index contributed by atoms with van der Waals surface area (Å²) < 4.78 is 48.8. The number of hydrogen-bond acceptors (Lipinski definition) is 2. The standard InChI is InChI=1S/C8H15F4NO/c1-2-3-13(4-5-14)6-8(11,12)7(9)10/h7,14H,2-6H2,1H3. The molecule has 1 N–H and O–H groups in total. The van der Waals surface area contributed by atoms with E-state index < -0.39 is 18.9 Å². The second kappa shape index (κ2) is 6.19. The highest BCUT2D eigenvalue weighted by molar-refractivity contribution is 4.74. The zero-order valence-corrected chi connectivity index (χ0v) is 8.02. The Bertz CT molecular complexity index is 148. The number of aliphatic hydroxyl groups excluding tert-OH is 1. The first-order chi connectivity index (χ1) is 6.44. The van der Waals surface area contributed by atoms with E-state index in [4.69, 9.17) is 5.11 Å². The van der Waals surface area contributed by atoms with Crippen molar-refractivity contribution in [2.75, 3.05) is 26.2 Å². The van der Waals surface area contributed by atoms with Gasteiger partial charge in [0.2, 0.25) is 0 Å². The van der Waals surface area contributed by atoms with E-state index in [-0.39, 0.29) is 19.7 Å². The number of alkyl halides is 4. The summed E-state index contributed by atoms with van der Waals surface area (Å²) in [5.74, 6) is -4.00. The topological polar surface area (TPSA) is 23.5 Å². The van der Waals surface area contributed by atoms with E-state index >= 15 is 0 Å². The summed E-state index contributed by atoms with van der Waals surface area (Å²) in [4.78, 5) is 1.13. The van der Waals surface area contributed by atoms with Crippen molar-refractivity contribution < 1.29 is 22.7 Å². The molecule has 0 spiro atoms. The number of hydrogen-bond donors (Lipinski definition) is 1. The zero-order chi connectivity index (χ0) is 11.2. The largest absolute Gasteiger partial charge is 0.395 e. The molecule has 0 radical (unpaired) electrons. The lowest BCUT2D eigenvalue weighted by Crippen LogP contribution is -2.43. The van der Waals surface area contributed by atoms with E-state index in [0.717, 1.165) is 4.90 Å². The number of rotatable bonds is 7. The van der Waals surface area contributed by atoms with E-state index in [2.05, 4.69) is 0 Å². The van der Waals surface area contributed by atoms with Crippen LogP contribution in [0, 0.1) is 0 Å². The van der Waals surface area contributed by atoms with Gasteiger partial charge >= 0.3 is 12.3 Å². The highest BCUT2D eigenvalue weighted by Gasteiger charge is 2.41. The predicted octanol–water partition coefficient (Wildman–Crippen LogP) is 1.59. The van der Waals surface area contributed by atoms with Gasteiger partial charge in [0.15, 0.2) is 0 Å². The number of aliphatic hydroxyl groups is 1. The molecular formula is C8H15F4NO. The number of halogens is 4. The molecule has 0 aliphatic heterocycles. The van der Waals surface area contributed by atoms with Crippen molar-refractivity contribution >= 4 is 0 Å². The zero-order valence-electron chi connectivity index (χ0n) is 8.02. The van der Waals surface area contributed by atoms with Gasteiger partial charge in [-0.1, -0.05) is 6.92 Å². The van der Waals surface area contributed by atoms with Crippen LogP contribution in [0.25, 0.3) is 0 Å². The second-order valence-electron chi connectivity index (χ2n) is 3.06. The minimum Gasteiger partial charge on any atom is -0.395 e. The van der Waals surface area contributed by atoms with Crippen LogP contribution in [-0.2, 0) is 0 Å². The summed E-state index contributed by atoms with van der Waals surface area (Å²) >= 11 is 0. The third kappa shape index (κ3) is 4.76. The molecule has 0 saturated heterocycles. The quantitative estimate of drug-likeness (QED) is 0.654. The molecule has 0 aromatic heterocycles. The summed E-state index contributed by atoms with van der Waals surface area (Å²) in [5, 5.41) is 8.52. The summed E-state index contributed by atoms with van der Waals surface area (Å²) in [6, 6.07) is 0. The van der Waals surface area contributed by atoms with Gasteiger partial charge in [0.1, 0.15) is 0 Å². The SMILES string of the molecule is CCCN(CCO)CC(F)(F)C(F)F. The van der Waals surface area contributed by atoms with Gasteiger partial charge in [0, 0.05) is 6.54 Å². The highest BCUT2D eigenvalue weighted by atomic mass is 19.3. The molecular weight excluding hydrogens is 202 g/mol. The van der Waals surface area contributed by atoms with Gasteiger partial charge in [-0.3, -0.25) is 4.90 Å². The van der Waals surface area contributed by atoms with Crippen molar-refractivity contribution in [1.82, 2.24) is 4.90 Å². The van der Waals surface area contributed by atoms with Crippen molar-refractivity contribution in [3.05, 3.63) is 0 Å². The van der Waals surface area contributed by atoms with Crippen LogP contribution in [0.15, 0.2) is 0 Å². The van der Waals surface area contributed by atoms with Gasteiger partial charge in [0.05, 0.1) is 13.2 Å². The van der Waals surface area contributed by atoms with Gasteiger partial charge in [-0.15, -0.1) is 0 Å². The molecule has 0 aromatic carbocycles. The van der Waals surface area contributed by atoms with Crippen molar-refractivity contribution in [2.45, 2.75) is 25.7 Å². The first-order valence-electron chi connectivity index (χ1n) is 4.43. The third-order valence-corrected chi connectivity index (χ3v) is 1.71. The Balaban J connectivity index is 4.12. The molecule has 14 heavy (non-hydrogen) atoms. The fourth-order valence-electron chi connectivity index (χ4n) is 1.09. The van der Waals surface area contributed by atoms with E-state index in [1.807, 2.05) is 0 Å². The van der Waals surface area contributed by atoms with Crippen LogP contribution in [-0.4, -0.2) is 48.6 Å². The summed E-state index contributed by atoms with van der Waals surface area (Å²) in [6.07, 6.45) is -3.07. The Morgan fingerprint density at radius 1 is 1.29 bits per heavy atom. The van der Waals surface area contributed by atoms with E-state index in [0.29, 0.717) is 6.42 Å². The average Bonchev–Trinajstić information content (AvgIpc) is 2.04. The first kappa shape index (κ1) is 13.6. The molecule has 2 nitrogen and oxygen atoms in total. The van der Waals surface area contributed by atoms with Crippen LogP contribution in [0.2, 0.25) is 0 Å². The molecule has 0 rings (SSSR count). The fraction of sp³-hybridized carbons (Fsp3) is 1.00. The van der Waals surface area contributed by atoms with Gasteiger partial charge in [0.25, 0.3) is 0 Å². The van der Waals surface area contributed by atoms with Gasteiger partial charge in [-0.05, 0) is 13.0 Å². The van der Waals surface area contributed by atoms with Crippen LogP contribution >= 0.6 is 0 Å². The maximum Gasteiger partial charge on any atom is 0.319 e.